The zero-order valence-electron chi connectivity index (χ0n) is 20.4. The van der Waals surface area contributed by atoms with Crippen molar-refractivity contribution in [1.29, 1.82) is 0 Å². The summed E-state index contributed by atoms with van der Waals surface area (Å²) in [6.07, 6.45) is 6.28. The van der Waals surface area contributed by atoms with Crippen molar-refractivity contribution >= 4 is 34.3 Å². The minimum atomic E-state index is -0.802. The normalized spacial score (nSPS) is 19.0. The number of halogens is 1. The number of imidazole rings is 1. The Balaban J connectivity index is 1.32. The number of amides is 1. The Labute approximate surface area is 211 Å². The van der Waals surface area contributed by atoms with Gasteiger partial charge in [0.05, 0.1) is 42.0 Å². The van der Waals surface area contributed by atoms with Crippen molar-refractivity contribution in [2.24, 2.45) is 12.8 Å². The summed E-state index contributed by atoms with van der Waals surface area (Å²) in [6, 6.07) is 5.38. The van der Waals surface area contributed by atoms with Crippen LogP contribution in [-0.2, 0) is 18.3 Å². The van der Waals surface area contributed by atoms with Gasteiger partial charge in [0, 0.05) is 39.4 Å². The number of nitrogens with zero attached hydrogens (tertiary/aromatic N) is 6. The van der Waals surface area contributed by atoms with E-state index in [4.69, 9.17) is 10.5 Å². The van der Waals surface area contributed by atoms with Crippen LogP contribution in [0.3, 0.4) is 0 Å². The van der Waals surface area contributed by atoms with Crippen molar-refractivity contribution in [2.75, 3.05) is 30.8 Å². The fourth-order valence-corrected chi connectivity index (χ4v) is 5.07. The first-order chi connectivity index (χ1) is 17.9. The van der Waals surface area contributed by atoms with Gasteiger partial charge >= 0.3 is 0 Å². The zero-order chi connectivity index (χ0) is 25.7. The standard InChI is InChI=1S/C25H26FN9O2/c1-28-24-21(16-7-29-8-19-20(16)30-12-34(19)2)32-22(23(27)36)25(33-24)31-18-4-3-13(5-17(18)26)9-35-10-15-6-14(35)11-37-15/h3-5,7-8,12,14-15H,6,9-11H2,1-2H3,(H2,27,36)(H2,28,31,33)/t14-,15-/m0/s1. The minimum Gasteiger partial charge on any atom is -0.375 e. The molecule has 4 N–H and O–H groups in total. The van der Waals surface area contributed by atoms with E-state index in [0.717, 1.165) is 30.7 Å². The average molecular weight is 504 g/mol. The van der Waals surface area contributed by atoms with Crippen molar-refractivity contribution < 1.29 is 13.9 Å². The number of aryl methyl sites for hydroxylation is 1. The summed E-state index contributed by atoms with van der Waals surface area (Å²) in [5, 5.41) is 5.90. The van der Waals surface area contributed by atoms with E-state index in [9.17, 15) is 4.79 Å². The van der Waals surface area contributed by atoms with Crippen molar-refractivity contribution in [3.8, 4) is 11.3 Å². The number of ether oxygens (including phenoxy) is 1. The monoisotopic (exact) mass is 503 g/mol. The maximum Gasteiger partial charge on any atom is 0.271 e. The number of pyridine rings is 1. The highest BCUT2D eigenvalue weighted by Gasteiger charge is 2.38. The van der Waals surface area contributed by atoms with Crippen LogP contribution in [0.5, 0.6) is 0 Å². The van der Waals surface area contributed by atoms with E-state index in [0.29, 0.717) is 35.2 Å². The highest BCUT2D eigenvalue weighted by Crippen LogP contribution is 2.33. The maximum atomic E-state index is 15.1. The van der Waals surface area contributed by atoms with Gasteiger partial charge in [-0.1, -0.05) is 6.07 Å². The van der Waals surface area contributed by atoms with E-state index >= 15 is 4.39 Å². The van der Waals surface area contributed by atoms with E-state index in [1.807, 2.05) is 17.7 Å². The highest BCUT2D eigenvalue weighted by atomic mass is 19.1. The number of morpholine rings is 1. The van der Waals surface area contributed by atoms with Crippen molar-refractivity contribution in [3.63, 3.8) is 0 Å². The van der Waals surface area contributed by atoms with Gasteiger partial charge < -0.3 is 25.7 Å². The fourth-order valence-electron chi connectivity index (χ4n) is 5.07. The number of carbonyl (C=O) groups excluding carboxylic acids is 1. The molecule has 1 aromatic carbocycles. The van der Waals surface area contributed by atoms with Crippen molar-refractivity contribution in [1.82, 2.24) is 29.4 Å². The molecule has 2 aliphatic rings. The fraction of sp³-hybridized carbons (Fsp3) is 0.320. The molecule has 12 heteroatoms. The molecule has 3 aromatic heterocycles. The van der Waals surface area contributed by atoms with Crippen LogP contribution in [0.15, 0.2) is 36.9 Å². The molecule has 37 heavy (non-hydrogen) atoms. The number of likely N-dealkylation sites (tertiary alicyclic amines) is 1. The molecule has 5 heterocycles. The van der Waals surface area contributed by atoms with Gasteiger partial charge in [0.15, 0.2) is 17.3 Å². The summed E-state index contributed by atoms with van der Waals surface area (Å²) in [5.74, 6) is -0.866. The van der Waals surface area contributed by atoms with Gasteiger partial charge in [0.2, 0.25) is 0 Å². The number of hydrogen-bond donors (Lipinski definition) is 3. The second kappa shape index (κ2) is 9.05. The van der Waals surface area contributed by atoms with Crippen LogP contribution in [0.1, 0.15) is 22.5 Å². The van der Waals surface area contributed by atoms with Gasteiger partial charge in [-0.15, -0.1) is 0 Å². The Hall–Kier alpha value is -4.16. The second-order valence-electron chi connectivity index (χ2n) is 9.36. The number of benzene rings is 1. The molecule has 6 rings (SSSR count). The summed E-state index contributed by atoms with van der Waals surface area (Å²) >= 11 is 0. The molecule has 2 atom stereocenters. The van der Waals surface area contributed by atoms with Gasteiger partial charge in [-0.25, -0.2) is 19.3 Å². The lowest BCUT2D eigenvalue weighted by atomic mass is 10.1. The van der Waals surface area contributed by atoms with Gasteiger partial charge in [-0.05, 0) is 24.1 Å². The SMILES string of the molecule is CNc1nc(Nc2ccc(CN3C[C@@H]4C[C@H]3CO4)cc2F)c(C(N)=O)nc1-c1cncc2c1ncn2C. The predicted molar refractivity (Wildman–Crippen MR) is 136 cm³/mol. The number of fused-ring (bicyclic) bond motifs is 3. The summed E-state index contributed by atoms with van der Waals surface area (Å²) < 4.78 is 22.6. The Morgan fingerprint density at radius 3 is 2.84 bits per heavy atom. The average Bonchev–Trinajstić information content (AvgIpc) is 3.61. The number of nitrogens with one attached hydrogen (secondary N) is 2. The molecular weight excluding hydrogens is 477 g/mol. The molecule has 2 fully saturated rings. The summed E-state index contributed by atoms with van der Waals surface area (Å²) in [5.41, 5.74) is 8.94. The molecule has 190 valence electrons. The van der Waals surface area contributed by atoms with Crippen LogP contribution >= 0.6 is 0 Å². The molecule has 4 aromatic rings. The Morgan fingerprint density at radius 1 is 1.27 bits per heavy atom. The first kappa shape index (κ1) is 23.3. The number of carbonyl (C=O) groups is 1. The third kappa shape index (κ3) is 4.13. The first-order valence-corrected chi connectivity index (χ1v) is 12.0. The topological polar surface area (TPSA) is 136 Å². The lowest BCUT2D eigenvalue weighted by molar-refractivity contribution is 0.0273. The van der Waals surface area contributed by atoms with Crippen LogP contribution in [0.25, 0.3) is 22.3 Å². The number of nitrogens with two attached hydrogens (primary N) is 1. The third-order valence-electron chi connectivity index (χ3n) is 6.95. The number of primary amides is 1. The zero-order valence-corrected chi connectivity index (χ0v) is 20.4. The molecule has 0 spiro atoms. The molecule has 2 saturated heterocycles. The largest absolute Gasteiger partial charge is 0.375 e. The first-order valence-electron chi connectivity index (χ1n) is 12.0. The highest BCUT2D eigenvalue weighted by molar-refractivity contribution is 5.99. The van der Waals surface area contributed by atoms with E-state index in [2.05, 4.69) is 35.5 Å². The van der Waals surface area contributed by atoms with E-state index in [1.165, 1.54) is 6.07 Å². The number of rotatable bonds is 7. The smallest absolute Gasteiger partial charge is 0.271 e. The Bertz CT molecular complexity index is 1520. The molecule has 0 aliphatic carbocycles. The number of hydrogen-bond acceptors (Lipinski definition) is 9. The summed E-state index contributed by atoms with van der Waals surface area (Å²) in [4.78, 5) is 32.5. The van der Waals surface area contributed by atoms with Gasteiger partial charge in [0.25, 0.3) is 5.91 Å². The molecule has 0 saturated carbocycles. The molecule has 0 unspecified atom stereocenters. The molecule has 11 nitrogen and oxygen atoms in total. The maximum absolute atomic E-state index is 15.1. The predicted octanol–water partition coefficient (Wildman–Crippen LogP) is 2.42. The van der Waals surface area contributed by atoms with Gasteiger partial charge in [-0.3, -0.25) is 14.7 Å². The van der Waals surface area contributed by atoms with Crippen molar-refractivity contribution in [3.05, 3.63) is 54.0 Å². The molecule has 1 amide bonds. The quantitative estimate of drug-likeness (QED) is 0.347. The molecule has 2 bridgehead atoms. The molecule has 0 radical (unpaired) electrons. The Kier molecular flexibility index (Phi) is 5.69. The van der Waals surface area contributed by atoms with Gasteiger partial charge in [-0.2, -0.15) is 0 Å². The lowest BCUT2D eigenvalue weighted by Crippen LogP contribution is -2.36. The third-order valence-corrected chi connectivity index (χ3v) is 6.95. The van der Waals surface area contributed by atoms with Crippen LogP contribution in [0.2, 0.25) is 0 Å². The van der Waals surface area contributed by atoms with Crippen LogP contribution < -0.4 is 16.4 Å². The van der Waals surface area contributed by atoms with E-state index in [-0.39, 0.29) is 23.3 Å². The molecular formula is C25H26FN9O2. The minimum absolute atomic E-state index is 0.0439. The van der Waals surface area contributed by atoms with Crippen LogP contribution in [0, 0.1) is 5.82 Å². The number of aromatic nitrogens is 5. The number of anilines is 3. The lowest BCUT2D eigenvalue weighted by Gasteiger charge is -2.26. The van der Waals surface area contributed by atoms with Crippen molar-refractivity contribution in [2.45, 2.75) is 25.1 Å². The van der Waals surface area contributed by atoms with Crippen LogP contribution in [-0.4, -0.2) is 67.7 Å². The van der Waals surface area contributed by atoms with Gasteiger partial charge in [0.1, 0.15) is 17.0 Å². The molecule has 2 aliphatic heterocycles. The van der Waals surface area contributed by atoms with Crippen LogP contribution in [0.4, 0.5) is 21.7 Å². The summed E-state index contributed by atoms with van der Waals surface area (Å²) in [7, 11) is 3.54. The summed E-state index contributed by atoms with van der Waals surface area (Å²) in [6.45, 7) is 2.25. The second-order valence-corrected chi connectivity index (χ2v) is 9.36. The Morgan fingerprint density at radius 2 is 2.14 bits per heavy atom. The van der Waals surface area contributed by atoms with E-state index < -0.39 is 11.7 Å². The van der Waals surface area contributed by atoms with E-state index in [1.54, 1.807) is 31.8 Å².